The minimum absolute atomic E-state index is 0.159. The second-order valence-corrected chi connectivity index (χ2v) is 3.78. The Balaban J connectivity index is 2.68. The predicted molar refractivity (Wildman–Crippen MR) is 67.7 cm³/mol. The number of ether oxygens (including phenoxy) is 1. The van der Waals surface area contributed by atoms with Gasteiger partial charge >= 0.3 is 0 Å². The number of hydrogen-bond donors (Lipinski definition) is 1. The minimum Gasteiger partial charge on any atom is -0.495 e. The van der Waals surface area contributed by atoms with E-state index in [1.165, 1.54) is 6.07 Å². The van der Waals surface area contributed by atoms with Gasteiger partial charge in [0.05, 0.1) is 18.5 Å². The van der Waals surface area contributed by atoms with Crippen molar-refractivity contribution in [3.63, 3.8) is 0 Å². The third-order valence-electron chi connectivity index (χ3n) is 2.62. The smallest absolute Gasteiger partial charge is 0.204 e. The predicted octanol–water partition coefficient (Wildman–Crippen LogP) is 1.74. The molecule has 0 radical (unpaired) electrons. The zero-order valence-corrected chi connectivity index (χ0v) is 9.81. The summed E-state index contributed by atoms with van der Waals surface area (Å²) in [7, 11) is 1.61. The lowest BCUT2D eigenvalue weighted by atomic mass is 10.2. The van der Waals surface area contributed by atoms with Crippen LogP contribution in [0.2, 0.25) is 0 Å². The Morgan fingerprint density at radius 3 is 2.71 bits per heavy atom. The third kappa shape index (κ3) is 2.01. The summed E-state index contributed by atoms with van der Waals surface area (Å²) in [4.78, 5) is 11.4. The topological polar surface area (TPSA) is 57.2 Å². The quantitative estimate of drug-likeness (QED) is 0.854. The molecule has 0 atom stereocenters. The van der Waals surface area contributed by atoms with E-state index in [1.807, 2.05) is 35.8 Å². The number of aryl methyl sites for hydroxylation is 1. The van der Waals surface area contributed by atoms with Crippen LogP contribution in [0.1, 0.15) is 5.69 Å². The van der Waals surface area contributed by atoms with Crippen molar-refractivity contribution in [1.82, 2.24) is 4.57 Å². The Hall–Kier alpha value is -2.23. The molecule has 1 heterocycles. The molecule has 88 valence electrons. The van der Waals surface area contributed by atoms with Gasteiger partial charge in [0.2, 0.25) is 5.43 Å². The normalized spacial score (nSPS) is 10.2. The van der Waals surface area contributed by atoms with E-state index >= 15 is 0 Å². The molecule has 17 heavy (non-hydrogen) atoms. The molecular formula is C13H14N2O2. The van der Waals surface area contributed by atoms with Crippen LogP contribution in [-0.4, -0.2) is 11.7 Å². The first kappa shape index (κ1) is 11.3. The first-order chi connectivity index (χ1) is 8.13. The first-order valence-electron chi connectivity index (χ1n) is 5.25. The summed E-state index contributed by atoms with van der Waals surface area (Å²) < 4.78 is 7.13. The number of aromatic nitrogens is 1. The van der Waals surface area contributed by atoms with Crippen molar-refractivity contribution < 1.29 is 4.74 Å². The van der Waals surface area contributed by atoms with Crippen LogP contribution in [0.5, 0.6) is 5.75 Å². The maximum Gasteiger partial charge on any atom is 0.204 e. The Morgan fingerprint density at radius 1 is 1.29 bits per heavy atom. The molecule has 0 bridgehead atoms. The number of anilines is 1. The van der Waals surface area contributed by atoms with E-state index in [4.69, 9.17) is 10.5 Å². The first-order valence-corrected chi connectivity index (χ1v) is 5.25. The molecule has 0 saturated heterocycles. The Kier molecular flexibility index (Phi) is 2.87. The van der Waals surface area contributed by atoms with Gasteiger partial charge in [-0.3, -0.25) is 4.79 Å². The second kappa shape index (κ2) is 4.33. The average Bonchev–Trinajstić information content (AvgIpc) is 2.34. The Labute approximate surface area is 99.3 Å². The maximum absolute atomic E-state index is 11.4. The summed E-state index contributed by atoms with van der Waals surface area (Å²) >= 11 is 0. The van der Waals surface area contributed by atoms with Crippen molar-refractivity contribution in [2.45, 2.75) is 6.92 Å². The SMILES string of the molecule is COc1ccccc1-n1cc(N)c(=O)cc1C. The van der Waals surface area contributed by atoms with Crippen molar-refractivity contribution >= 4 is 5.69 Å². The molecule has 0 unspecified atom stereocenters. The number of benzene rings is 1. The van der Waals surface area contributed by atoms with Gasteiger partial charge in [-0.05, 0) is 19.1 Å². The number of nitrogen functional groups attached to an aromatic ring is 1. The highest BCUT2D eigenvalue weighted by atomic mass is 16.5. The lowest BCUT2D eigenvalue weighted by molar-refractivity contribution is 0.412. The second-order valence-electron chi connectivity index (χ2n) is 3.78. The van der Waals surface area contributed by atoms with E-state index in [1.54, 1.807) is 13.3 Å². The van der Waals surface area contributed by atoms with Gasteiger partial charge in [-0.25, -0.2) is 0 Å². The molecule has 0 aliphatic carbocycles. The highest BCUT2D eigenvalue weighted by Crippen LogP contribution is 2.23. The molecule has 2 N–H and O–H groups in total. The zero-order chi connectivity index (χ0) is 12.4. The maximum atomic E-state index is 11.4. The molecule has 0 amide bonds. The summed E-state index contributed by atoms with van der Waals surface area (Å²) in [5.74, 6) is 0.735. The Bertz CT molecular complexity index is 603. The Morgan fingerprint density at radius 2 is 2.00 bits per heavy atom. The lowest BCUT2D eigenvalue weighted by Crippen LogP contribution is -2.13. The van der Waals surface area contributed by atoms with Crippen molar-refractivity contribution in [2.24, 2.45) is 0 Å². The van der Waals surface area contributed by atoms with Crippen molar-refractivity contribution in [3.05, 3.63) is 52.4 Å². The van der Waals surface area contributed by atoms with Gasteiger partial charge in [-0.15, -0.1) is 0 Å². The van der Waals surface area contributed by atoms with Gasteiger partial charge in [0.1, 0.15) is 5.75 Å². The van der Waals surface area contributed by atoms with Gasteiger partial charge < -0.3 is 15.0 Å². The fourth-order valence-corrected chi connectivity index (χ4v) is 1.74. The van der Waals surface area contributed by atoms with Gasteiger partial charge in [-0.1, -0.05) is 12.1 Å². The number of nitrogens with zero attached hydrogens (tertiary/aromatic N) is 1. The van der Waals surface area contributed by atoms with E-state index in [9.17, 15) is 4.79 Å². The number of hydrogen-bond acceptors (Lipinski definition) is 3. The fraction of sp³-hybridized carbons (Fsp3) is 0.154. The summed E-state index contributed by atoms with van der Waals surface area (Å²) in [6.07, 6.45) is 1.62. The largest absolute Gasteiger partial charge is 0.495 e. The fourth-order valence-electron chi connectivity index (χ4n) is 1.74. The molecule has 0 aliphatic heterocycles. The van der Waals surface area contributed by atoms with E-state index in [-0.39, 0.29) is 11.1 Å². The number of pyridine rings is 1. The summed E-state index contributed by atoms with van der Waals surface area (Å²) in [6, 6.07) is 9.09. The molecule has 0 fully saturated rings. The van der Waals surface area contributed by atoms with Crippen LogP contribution in [0.25, 0.3) is 5.69 Å². The molecule has 0 saturated carbocycles. The molecule has 2 rings (SSSR count). The van der Waals surface area contributed by atoms with Gasteiger partial charge in [0.15, 0.2) is 0 Å². The van der Waals surface area contributed by atoms with Crippen LogP contribution in [-0.2, 0) is 0 Å². The molecule has 2 aromatic rings. The van der Waals surface area contributed by atoms with Crippen molar-refractivity contribution in [1.29, 1.82) is 0 Å². The number of rotatable bonds is 2. The highest BCUT2D eigenvalue weighted by molar-refractivity contribution is 5.50. The third-order valence-corrected chi connectivity index (χ3v) is 2.62. The van der Waals surface area contributed by atoms with Crippen molar-refractivity contribution in [3.8, 4) is 11.4 Å². The van der Waals surface area contributed by atoms with Crippen LogP contribution >= 0.6 is 0 Å². The molecule has 1 aromatic heterocycles. The molecular weight excluding hydrogens is 216 g/mol. The monoisotopic (exact) mass is 230 g/mol. The molecule has 0 spiro atoms. The number of methoxy groups -OCH3 is 1. The zero-order valence-electron chi connectivity index (χ0n) is 9.81. The van der Waals surface area contributed by atoms with Crippen LogP contribution in [0, 0.1) is 6.92 Å². The minimum atomic E-state index is -0.159. The van der Waals surface area contributed by atoms with E-state index < -0.39 is 0 Å². The number of nitrogens with two attached hydrogens (primary N) is 1. The van der Waals surface area contributed by atoms with Gasteiger partial charge in [0, 0.05) is 18.0 Å². The van der Waals surface area contributed by atoms with E-state index in [2.05, 4.69) is 0 Å². The van der Waals surface area contributed by atoms with Crippen LogP contribution in [0.4, 0.5) is 5.69 Å². The van der Waals surface area contributed by atoms with Crippen LogP contribution in [0.3, 0.4) is 0 Å². The standard InChI is InChI=1S/C13H14N2O2/c1-9-7-12(16)10(14)8-15(9)11-5-3-4-6-13(11)17-2/h3-8H,14H2,1-2H3. The highest BCUT2D eigenvalue weighted by Gasteiger charge is 2.07. The van der Waals surface area contributed by atoms with Crippen molar-refractivity contribution in [2.75, 3.05) is 12.8 Å². The van der Waals surface area contributed by atoms with Crippen LogP contribution < -0.4 is 15.9 Å². The molecule has 1 aromatic carbocycles. The average molecular weight is 230 g/mol. The summed E-state index contributed by atoms with van der Waals surface area (Å²) in [6.45, 7) is 1.85. The van der Waals surface area contributed by atoms with E-state index in [0.29, 0.717) is 0 Å². The summed E-state index contributed by atoms with van der Waals surface area (Å²) in [5.41, 5.74) is 7.38. The number of para-hydroxylation sites is 2. The molecule has 4 heteroatoms. The molecule has 0 aliphatic rings. The van der Waals surface area contributed by atoms with Gasteiger partial charge in [-0.2, -0.15) is 0 Å². The van der Waals surface area contributed by atoms with Gasteiger partial charge in [0.25, 0.3) is 0 Å². The van der Waals surface area contributed by atoms with Crippen LogP contribution in [0.15, 0.2) is 41.3 Å². The summed E-state index contributed by atoms with van der Waals surface area (Å²) in [5, 5.41) is 0. The lowest BCUT2D eigenvalue weighted by Gasteiger charge is -2.14. The molecule has 4 nitrogen and oxygen atoms in total. The van der Waals surface area contributed by atoms with E-state index in [0.717, 1.165) is 17.1 Å².